The summed E-state index contributed by atoms with van der Waals surface area (Å²) in [5, 5.41) is 4.11. The molecule has 0 aromatic heterocycles. The highest BCUT2D eigenvalue weighted by Crippen LogP contribution is 2.26. The van der Waals surface area contributed by atoms with E-state index in [4.69, 9.17) is 11.6 Å². The Morgan fingerprint density at radius 3 is 2.53 bits per heavy atom. The van der Waals surface area contributed by atoms with Crippen LogP contribution in [0.3, 0.4) is 0 Å². The van der Waals surface area contributed by atoms with Crippen molar-refractivity contribution in [1.82, 2.24) is 0 Å². The maximum absolute atomic E-state index is 6.00. The molecule has 0 radical (unpaired) electrons. The van der Waals surface area contributed by atoms with Crippen LogP contribution in [0.1, 0.15) is 27.2 Å². The molecule has 1 rings (SSSR count). The lowest BCUT2D eigenvalue weighted by Crippen LogP contribution is -2.12. The van der Waals surface area contributed by atoms with E-state index in [0.717, 1.165) is 28.1 Å². The van der Waals surface area contributed by atoms with E-state index in [1.165, 1.54) is 0 Å². The summed E-state index contributed by atoms with van der Waals surface area (Å²) < 4.78 is 0.936. The molecule has 0 unspecified atom stereocenters. The molecule has 3 heteroatoms. The van der Waals surface area contributed by atoms with Crippen LogP contribution in [0, 0.1) is 5.41 Å². The molecule has 1 aromatic carbocycles. The summed E-state index contributed by atoms with van der Waals surface area (Å²) in [6.45, 7) is 7.69. The number of hydrogen-bond acceptors (Lipinski definition) is 1. The Hall–Kier alpha value is -0.210. The molecule has 0 bridgehead atoms. The number of benzene rings is 1. The maximum Gasteiger partial charge on any atom is 0.0568 e. The first-order valence-corrected chi connectivity index (χ1v) is 6.24. The van der Waals surface area contributed by atoms with Crippen LogP contribution in [-0.4, -0.2) is 6.54 Å². The molecule has 0 saturated heterocycles. The minimum atomic E-state index is 0.367. The molecule has 0 aliphatic heterocycles. The van der Waals surface area contributed by atoms with Crippen molar-refractivity contribution in [3.8, 4) is 0 Å². The predicted octanol–water partition coefficient (Wildman–Crippen LogP) is 4.95. The fourth-order valence-corrected chi connectivity index (χ4v) is 1.62. The van der Waals surface area contributed by atoms with E-state index in [1.807, 2.05) is 18.2 Å². The molecule has 1 nitrogen and oxygen atoms in total. The quantitative estimate of drug-likeness (QED) is 0.830. The number of anilines is 1. The molecular formula is C12H17BrClN. The second-order valence-electron chi connectivity index (χ2n) is 4.87. The van der Waals surface area contributed by atoms with Crippen LogP contribution >= 0.6 is 27.5 Å². The van der Waals surface area contributed by atoms with Gasteiger partial charge >= 0.3 is 0 Å². The lowest BCUT2D eigenvalue weighted by atomic mass is 9.92. The first kappa shape index (κ1) is 12.9. The molecule has 84 valence electrons. The molecular weight excluding hydrogens is 273 g/mol. The van der Waals surface area contributed by atoms with Crippen LogP contribution in [0.4, 0.5) is 5.69 Å². The van der Waals surface area contributed by atoms with Crippen LogP contribution in [0.2, 0.25) is 5.02 Å². The van der Waals surface area contributed by atoms with E-state index in [2.05, 4.69) is 42.0 Å². The van der Waals surface area contributed by atoms with Gasteiger partial charge in [-0.3, -0.25) is 0 Å². The summed E-state index contributed by atoms with van der Waals surface area (Å²) in [6.07, 6.45) is 1.14. The van der Waals surface area contributed by atoms with Crippen LogP contribution in [0.15, 0.2) is 22.7 Å². The zero-order valence-electron chi connectivity index (χ0n) is 9.40. The van der Waals surface area contributed by atoms with Gasteiger partial charge in [-0.2, -0.15) is 0 Å². The molecule has 1 aromatic rings. The fraction of sp³-hybridized carbons (Fsp3) is 0.500. The Kier molecular flexibility index (Phi) is 4.47. The number of rotatable bonds is 3. The van der Waals surface area contributed by atoms with Crippen molar-refractivity contribution in [1.29, 1.82) is 0 Å². The van der Waals surface area contributed by atoms with Gasteiger partial charge in [0.05, 0.1) is 5.02 Å². The molecule has 0 saturated carbocycles. The van der Waals surface area contributed by atoms with E-state index in [0.29, 0.717) is 5.41 Å². The van der Waals surface area contributed by atoms with Gasteiger partial charge < -0.3 is 5.32 Å². The third-order valence-corrected chi connectivity index (χ3v) is 3.36. The van der Waals surface area contributed by atoms with Gasteiger partial charge in [-0.1, -0.05) is 32.4 Å². The van der Waals surface area contributed by atoms with Crippen molar-refractivity contribution < 1.29 is 0 Å². The van der Waals surface area contributed by atoms with Crippen molar-refractivity contribution in [3.63, 3.8) is 0 Å². The lowest BCUT2D eigenvalue weighted by molar-refractivity contribution is 0.390. The highest BCUT2D eigenvalue weighted by Gasteiger charge is 2.09. The van der Waals surface area contributed by atoms with E-state index in [-0.39, 0.29) is 0 Å². The molecule has 15 heavy (non-hydrogen) atoms. The van der Waals surface area contributed by atoms with Crippen LogP contribution in [-0.2, 0) is 0 Å². The molecule has 0 spiro atoms. The lowest BCUT2D eigenvalue weighted by Gasteiger charge is -2.18. The highest BCUT2D eigenvalue weighted by atomic mass is 79.9. The summed E-state index contributed by atoms with van der Waals surface area (Å²) in [6, 6.07) is 5.93. The van der Waals surface area contributed by atoms with Crippen LogP contribution in [0.5, 0.6) is 0 Å². The van der Waals surface area contributed by atoms with Crippen LogP contribution < -0.4 is 5.32 Å². The molecule has 0 atom stereocenters. The number of hydrogen-bond donors (Lipinski definition) is 1. The zero-order chi connectivity index (χ0) is 11.5. The first-order valence-electron chi connectivity index (χ1n) is 5.07. The van der Waals surface area contributed by atoms with E-state index in [1.54, 1.807) is 0 Å². The summed E-state index contributed by atoms with van der Waals surface area (Å²) in [4.78, 5) is 0. The molecule has 1 N–H and O–H groups in total. The van der Waals surface area contributed by atoms with Gasteiger partial charge in [-0.15, -0.1) is 0 Å². The third kappa shape index (κ3) is 4.89. The van der Waals surface area contributed by atoms with E-state index < -0.39 is 0 Å². The van der Waals surface area contributed by atoms with Crippen molar-refractivity contribution >= 4 is 33.2 Å². The number of nitrogens with one attached hydrogen (secondary N) is 1. The van der Waals surface area contributed by atoms with Crippen molar-refractivity contribution in [2.75, 3.05) is 11.9 Å². The topological polar surface area (TPSA) is 12.0 Å². The fourth-order valence-electron chi connectivity index (χ4n) is 1.19. The largest absolute Gasteiger partial charge is 0.385 e. The smallest absolute Gasteiger partial charge is 0.0568 e. The van der Waals surface area contributed by atoms with Crippen molar-refractivity contribution in [2.45, 2.75) is 27.2 Å². The third-order valence-electron chi connectivity index (χ3n) is 2.12. The predicted molar refractivity (Wildman–Crippen MR) is 71.7 cm³/mol. The molecule has 0 fully saturated rings. The summed E-state index contributed by atoms with van der Waals surface area (Å²) >= 11 is 9.37. The zero-order valence-corrected chi connectivity index (χ0v) is 11.7. The second-order valence-corrected chi connectivity index (χ2v) is 6.13. The minimum absolute atomic E-state index is 0.367. The Morgan fingerprint density at radius 1 is 1.33 bits per heavy atom. The van der Waals surface area contributed by atoms with Gasteiger partial charge in [0.2, 0.25) is 0 Å². The van der Waals surface area contributed by atoms with Crippen LogP contribution in [0.25, 0.3) is 0 Å². The molecule has 0 heterocycles. The average Bonchev–Trinajstić information content (AvgIpc) is 2.09. The van der Waals surface area contributed by atoms with Gasteiger partial charge in [0.1, 0.15) is 0 Å². The average molecular weight is 291 g/mol. The Labute approximate surface area is 105 Å². The summed E-state index contributed by atoms with van der Waals surface area (Å²) in [5.41, 5.74) is 1.44. The van der Waals surface area contributed by atoms with E-state index >= 15 is 0 Å². The summed E-state index contributed by atoms with van der Waals surface area (Å²) in [5.74, 6) is 0. The van der Waals surface area contributed by atoms with Gasteiger partial charge in [-0.25, -0.2) is 0 Å². The SMILES string of the molecule is CC(C)(C)CCNc1ccc(Br)c(Cl)c1. The van der Waals surface area contributed by atoms with Crippen molar-refractivity contribution in [2.24, 2.45) is 5.41 Å². The monoisotopic (exact) mass is 289 g/mol. The van der Waals surface area contributed by atoms with E-state index in [9.17, 15) is 0 Å². The molecule has 0 aliphatic rings. The second kappa shape index (κ2) is 5.22. The number of halogens is 2. The molecule has 0 amide bonds. The Balaban J connectivity index is 2.48. The maximum atomic E-state index is 6.00. The molecule has 0 aliphatic carbocycles. The van der Waals surface area contributed by atoms with Gasteiger partial charge in [0, 0.05) is 16.7 Å². The van der Waals surface area contributed by atoms with Gasteiger partial charge in [0.25, 0.3) is 0 Å². The highest BCUT2D eigenvalue weighted by molar-refractivity contribution is 9.10. The summed E-state index contributed by atoms with van der Waals surface area (Å²) in [7, 11) is 0. The normalized spacial score (nSPS) is 11.5. The minimum Gasteiger partial charge on any atom is -0.385 e. The van der Waals surface area contributed by atoms with Crippen molar-refractivity contribution in [3.05, 3.63) is 27.7 Å². The van der Waals surface area contributed by atoms with Gasteiger partial charge in [0.15, 0.2) is 0 Å². The Bertz CT molecular complexity index is 331. The van der Waals surface area contributed by atoms with Gasteiger partial charge in [-0.05, 0) is 46.0 Å². The standard InChI is InChI=1S/C12H17BrClN/c1-12(2,3)6-7-15-9-4-5-10(13)11(14)8-9/h4-5,8,15H,6-7H2,1-3H3. The first-order chi connectivity index (χ1) is 6.88. The Morgan fingerprint density at radius 2 is 2.00 bits per heavy atom.